The minimum Gasteiger partial charge on any atom is -0.744 e. The Bertz CT molecular complexity index is 4460. The highest BCUT2D eigenvalue weighted by atomic mass is 32.2. The molecular weight excluding hydrogens is 1540 g/mol. The van der Waals surface area contributed by atoms with E-state index in [4.69, 9.17) is 0 Å². The molecule has 23 heteroatoms. The van der Waals surface area contributed by atoms with Gasteiger partial charge in [0, 0.05) is 0 Å². The lowest BCUT2D eigenvalue weighted by Crippen LogP contribution is -2.18. The first-order valence-electron chi connectivity index (χ1n) is 43.9. The highest BCUT2D eigenvalue weighted by molar-refractivity contribution is 7.86. The van der Waals surface area contributed by atoms with E-state index in [1.807, 2.05) is 27.7 Å². The molecule has 0 radical (unpaired) electrons. The van der Waals surface area contributed by atoms with Crippen molar-refractivity contribution in [2.75, 3.05) is 0 Å². The predicted molar refractivity (Wildman–Crippen MR) is 440 cm³/mol. The SMILES string of the molecule is CC(C)c1cc(S(=O)(=O)[O-])cc(C(C)C)c1O.O=S(=O)([O-])c1c(C2CCCC2)cc(C2CCCC2)cc1C1CCCC1.O=S(=O)([O-])c1c(C2CCCC2)cc(O)cc1C1CCCC1.O=S(=O)([O-])c1c(C2CCCCC2)cc(C2CCCCC2)cc1C1CCCCC1.O=S(=O)([O-])c1cc(C2CCCCC2)c(O)c(C2CCCCC2)c1. The van der Waals surface area contributed by atoms with E-state index in [0.29, 0.717) is 45.2 Å². The molecule has 10 fully saturated rings. The van der Waals surface area contributed by atoms with Crippen LogP contribution in [0.5, 0.6) is 17.2 Å². The monoisotopic (exact) mass is 1670 g/mol. The van der Waals surface area contributed by atoms with Crippen molar-refractivity contribution < 1.29 is 80.2 Å². The molecule has 0 aromatic heterocycles. The van der Waals surface area contributed by atoms with Crippen LogP contribution in [0.4, 0.5) is 0 Å². The lowest BCUT2D eigenvalue weighted by atomic mass is 9.76. The first kappa shape index (κ1) is 89.8. The second-order valence-electron chi connectivity index (χ2n) is 36.1. The van der Waals surface area contributed by atoms with Gasteiger partial charge >= 0.3 is 0 Å². The predicted octanol–water partition coefficient (Wildman–Crippen LogP) is 22.8. The lowest BCUT2D eigenvalue weighted by Gasteiger charge is -2.33. The average molecular weight is 1670 g/mol. The Morgan fingerprint density at radius 1 is 0.237 bits per heavy atom. The van der Waals surface area contributed by atoms with Gasteiger partial charge in [0.05, 0.1) is 24.5 Å². The molecule has 0 unspecified atom stereocenters. The molecule has 0 saturated heterocycles. The van der Waals surface area contributed by atoms with Gasteiger partial charge in [0.15, 0.2) is 0 Å². The summed E-state index contributed by atoms with van der Waals surface area (Å²) in [5.41, 5.74) is 9.63. The number of phenols is 3. The van der Waals surface area contributed by atoms with E-state index in [0.717, 1.165) is 228 Å². The average Bonchev–Trinajstić information content (AvgIpc) is 1.76. The smallest absolute Gasteiger partial charge is 0.125 e. The number of rotatable bonds is 17. The molecule has 0 heterocycles. The third kappa shape index (κ3) is 23.1. The van der Waals surface area contributed by atoms with Crippen LogP contribution in [-0.2, 0) is 50.6 Å². The number of hydrogen-bond donors (Lipinski definition) is 3. The molecule has 10 aliphatic rings. The molecule has 0 bridgehead atoms. The highest BCUT2D eigenvalue weighted by Gasteiger charge is 2.36. The van der Waals surface area contributed by atoms with Crippen LogP contribution in [0, 0.1) is 0 Å². The first-order valence-corrected chi connectivity index (χ1v) is 50.9. The Morgan fingerprint density at radius 3 is 0.623 bits per heavy atom. The summed E-state index contributed by atoms with van der Waals surface area (Å²) in [4.78, 5) is -0.114. The van der Waals surface area contributed by atoms with Crippen molar-refractivity contribution >= 4 is 50.6 Å². The van der Waals surface area contributed by atoms with Gasteiger partial charge in [0.1, 0.15) is 67.8 Å². The fourth-order valence-corrected chi connectivity index (χ4v) is 25.8. The van der Waals surface area contributed by atoms with Gasteiger partial charge in [0.25, 0.3) is 0 Å². The third-order valence-corrected chi connectivity index (χ3v) is 32.1. The number of aromatic hydroxyl groups is 3. The van der Waals surface area contributed by atoms with E-state index in [-0.39, 0.29) is 101 Å². The summed E-state index contributed by atoms with van der Waals surface area (Å²) in [5, 5.41) is 30.8. The molecule has 634 valence electrons. The van der Waals surface area contributed by atoms with E-state index < -0.39 is 50.6 Å². The van der Waals surface area contributed by atoms with Gasteiger partial charge < -0.3 is 38.1 Å². The van der Waals surface area contributed by atoms with Crippen molar-refractivity contribution in [2.24, 2.45) is 0 Å². The Labute approximate surface area is 682 Å². The summed E-state index contributed by atoms with van der Waals surface area (Å²) in [7, 11) is -22.4. The first-order chi connectivity index (χ1) is 54.1. The van der Waals surface area contributed by atoms with Crippen LogP contribution >= 0.6 is 0 Å². The zero-order chi connectivity index (χ0) is 81.9. The van der Waals surface area contributed by atoms with Gasteiger partial charge in [-0.3, -0.25) is 0 Å². The summed E-state index contributed by atoms with van der Waals surface area (Å²) in [5.74, 6) is 2.99. The van der Waals surface area contributed by atoms with Gasteiger partial charge in [0.2, 0.25) is 0 Å². The molecule has 0 aliphatic heterocycles. The van der Waals surface area contributed by atoms with E-state index in [1.165, 1.54) is 131 Å². The van der Waals surface area contributed by atoms with Crippen molar-refractivity contribution in [1.29, 1.82) is 0 Å². The molecule has 5 aromatic rings. The number of phenolic OH excluding ortho intramolecular Hbond substituents is 3. The summed E-state index contributed by atoms with van der Waals surface area (Å²) >= 11 is 0. The van der Waals surface area contributed by atoms with Gasteiger partial charge in [-0.2, -0.15) is 0 Å². The van der Waals surface area contributed by atoms with Crippen molar-refractivity contribution in [2.45, 2.75) is 412 Å². The fourth-order valence-electron chi connectivity index (χ4n) is 21.6. The largest absolute Gasteiger partial charge is 0.744 e. The quantitative estimate of drug-likeness (QED) is 0.0728. The maximum Gasteiger partial charge on any atom is 0.125 e. The maximum atomic E-state index is 12.5. The van der Waals surface area contributed by atoms with Crippen LogP contribution in [0.15, 0.2) is 85.1 Å². The van der Waals surface area contributed by atoms with Crippen molar-refractivity contribution in [1.82, 2.24) is 0 Å². The summed E-state index contributed by atoms with van der Waals surface area (Å²) in [6.45, 7) is 7.33. The summed E-state index contributed by atoms with van der Waals surface area (Å²) in [6, 6.07) is 16.9. The number of hydrogen-bond acceptors (Lipinski definition) is 18. The standard InChI is InChI=1S/C24H36O3S.C21H30O3S.C18H26O4S.C16H22O4S.C12H18O4S/c25-28(26,27)24-22(19-12-6-2-7-13-19)16-21(18-10-4-1-5-11-18)17-23(24)20-14-8-3-9-15-20;22-25(23,24)21-19(16-9-3-4-10-16)13-18(15-7-1-2-8-15)14-20(21)17-11-5-6-12-17;19-18-16(13-7-3-1-4-8-13)11-15(23(20,21)22)12-17(18)14-9-5-2-6-10-14;17-13-9-14(11-5-1-2-6-11)16(21(18,19)20)15(10-13)12-7-3-4-8-12;1-7(2)10-5-9(17(14,15)16)6-11(8(3)4)12(10)13/h16-20H,1-15H2,(H,25,26,27);13-17H,1-12H2,(H,22,23,24);11-14,19H,1-10H2,(H,20,21,22);9-12,17H,1-8H2,(H,18,19,20);5-8,13H,1-4H3,(H,14,15,16)/p-5. The number of benzene rings is 5. The molecule has 3 N–H and O–H groups in total. The molecule has 0 atom stereocenters. The Kier molecular flexibility index (Phi) is 31.5. The van der Waals surface area contributed by atoms with Gasteiger partial charge in [-0.05, 0) is 303 Å². The molecule has 0 amide bonds. The van der Waals surface area contributed by atoms with Crippen molar-refractivity contribution in [3.63, 3.8) is 0 Å². The van der Waals surface area contributed by atoms with Crippen LogP contribution in [0.2, 0.25) is 0 Å². The minimum absolute atomic E-state index is 0.0286. The molecule has 10 aliphatic carbocycles. The van der Waals surface area contributed by atoms with Gasteiger partial charge in [-0.25, -0.2) is 42.1 Å². The third-order valence-electron chi connectivity index (χ3n) is 27.6. The molecular formula is C91H127O18S5-5. The normalized spacial score (nSPS) is 21.1. The van der Waals surface area contributed by atoms with E-state index in [1.54, 1.807) is 0 Å². The van der Waals surface area contributed by atoms with Gasteiger partial charge in [-0.1, -0.05) is 212 Å². The Hall–Kier alpha value is -4.95. The Balaban J connectivity index is 0.000000142. The van der Waals surface area contributed by atoms with Crippen LogP contribution in [0.25, 0.3) is 0 Å². The molecule has 0 spiro atoms. The second kappa shape index (κ2) is 40.0. The van der Waals surface area contributed by atoms with Crippen molar-refractivity contribution in [3.05, 3.63) is 127 Å². The fraction of sp³-hybridized carbons (Fsp3) is 0.670. The Morgan fingerprint density at radius 2 is 0.421 bits per heavy atom. The van der Waals surface area contributed by atoms with Crippen LogP contribution < -0.4 is 0 Å². The molecule has 15 rings (SSSR count). The van der Waals surface area contributed by atoms with E-state index in [2.05, 4.69) is 24.3 Å². The minimum atomic E-state index is -4.52. The summed E-state index contributed by atoms with van der Waals surface area (Å²) < 4.78 is 178. The van der Waals surface area contributed by atoms with Gasteiger partial charge in [-0.15, -0.1) is 0 Å². The van der Waals surface area contributed by atoms with Crippen molar-refractivity contribution in [3.8, 4) is 17.2 Å². The molecule has 10 saturated carbocycles. The molecule has 18 nitrogen and oxygen atoms in total. The van der Waals surface area contributed by atoms with Crippen LogP contribution in [-0.4, -0.2) is 80.2 Å². The lowest BCUT2D eigenvalue weighted by molar-refractivity contribution is 0.391. The topological polar surface area (TPSA) is 347 Å². The van der Waals surface area contributed by atoms with E-state index >= 15 is 0 Å². The molecule has 5 aromatic carbocycles. The maximum absolute atomic E-state index is 12.5. The van der Waals surface area contributed by atoms with Crippen LogP contribution in [0.3, 0.4) is 0 Å². The van der Waals surface area contributed by atoms with Crippen LogP contribution in [0.1, 0.15) is 454 Å². The summed E-state index contributed by atoms with van der Waals surface area (Å²) in [6.07, 6.45) is 49.5. The molecule has 114 heavy (non-hydrogen) atoms. The van der Waals surface area contributed by atoms with E-state index in [9.17, 15) is 80.2 Å². The zero-order valence-corrected chi connectivity index (χ0v) is 72.1. The zero-order valence-electron chi connectivity index (χ0n) is 68.0. The second-order valence-corrected chi connectivity index (χ2v) is 42.8. The highest BCUT2D eigenvalue weighted by Crippen LogP contribution is 2.52.